The summed E-state index contributed by atoms with van der Waals surface area (Å²) in [7, 11) is 1.35. The van der Waals surface area contributed by atoms with Crippen molar-refractivity contribution in [2.75, 3.05) is 26.8 Å². The molecule has 1 aromatic heterocycles. The molecule has 1 N–H and O–H groups in total. The summed E-state index contributed by atoms with van der Waals surface area (Å²) in [6.45, 7) is 1.47. The quantitative estimate of drug-likeness (QED) is 0.636. The van der Waals surface area contributed by atoms with Crippen LogP contribution < -0.4 is 14.8 Å². The second-order valence-corrected chi connectivity index (χ2v) is 7.95. The number of carbonyl (C=O) groups excluding carboxylic acids is 2. The van der Waals surface area contributed by atoms with Gasteiger partial charge in [-0.3, -0.25) is 9.59 Å². The Bertz CT molecular complexity index is 965. The van der Waals surface area contributed by atoms with E-state index in [-0.39, 0.29) is 35.8 Å². The molecule has 1 aliphatic heterocycles. The van der Waals surface area contributed by atoms with Gasteiger partial charge in [-0.05, 0) is 49.9 Å². The van der Waals surface area contributed by atoms with Crippen molar-refractivity contribution < 1.29 is 36.7 Å². The zero-order valence-electron chi connectivity index (χ0n) is 18.5. The van der Waals surface area contributed by atoms with E-state index in [1.807, 2.05) is 0 Å². The predicted molar refractivity (Wildman–Crippen MR) is 113 cm³/mol. The van der Waals surface area contributed by atoms with Crippen LogP contribution in [0.25, 0.3) is 0 Å². The number of ether oxygens (including phenoxy) is 2. The van der Waals surface area contributed by atoms with E-state index >= 15 is 0 Å². The Labute approximate surface area is 189 Å². The molecule has 3 rings (SSSR count). The largest absolute Gasteiger partial charge is 0.493 e. The van der Waals surface area contributed by atoms with Crippen LogP contribution in [0.15, 0.2) is 34.9 Å². The lowest BCUT2D eigenvalue weighted by Gasteiger charge is -2.32. The van der Waals surface area contributed by atoms with Gasteiger partial charge < -0.3 is 24.1 Å². The number of rotatable bonds is 8. The lowest BCUT2D eigenvalue weighted by atomic mass is 10.0. The van der Waals surface area contributed by atoms with Crippen molar-refractivity contribution >= 4 is 11.8 Å². The van der Waals surface area contributed by atoms with Gasteiger partial charge in [0.2, 0.25) is 5.91 Å². The van der Waals surface area contributed by atoms with Gasteiger partial charge in [-0.15, -0.1) is 0 Å². The van der Waals surface area contributed by atoms with E-state index in [4.69, 9.17) is 13.9 Å². The highest BCUT2D eigenvalue weighted by Crippen LogP contribution is 2.30. The topological polar surface area (TPSA) is 81.0 Å². The van der Waals surface area contributed by atoms with Crippen LogP contribution in [0.5, 0.6) is 11.5 Å². The molecule has 33 heavy (non-hydrogen) atoms. The highest BCUT2D eigenvalue weighted by molar-refractivity contribution is 5.93. The number of nitrogens with one attached hydrogen (secondary N) is 1. The number of alkyl halides is 3. The Hall–Kier alpha value is -3.17. The molecule has 7 nitrogen and oxygen atoms in total. The van der Waals surface area contributed by atoms with Crippen molar-refractivity contribution in [3.05, 3.63) is 47.4 Å². The van der Waals surface area contributed by atoms with E-state index < -0.39 is 12.8 Å². The Morgan fingerprint density at radius 3 is 2.52 bits per heavy atom. The van der Waals surface area contributed by atoms with Gasteiger partial charge in [-0.1, -0.05) is 6.07 Å². The number of halogens is 3. The summed E-state index contributed by atoms with van der Waals surface area (Å²) >= 11 is 0. The molecule has 0 bridgehead atoms. The fourth-order valence-corrected chi connectivity index (χ4v) is 3.69. The van der Waals surface area contributed by atoms with Crippen LogP contribution in [-0.2, 0) is 11.2 Å². The van der Waals surface area contributed by atoms with Crippen molar-refractivity contribution in [3.8, 4) is 11.5 Å². The van der Waals surface area contributed by atoms with Gasteiger partial charge in [0.25, 0.3) is 5.91 Å². The zero-order valence-corrected chi connectivity index (χ0v) is 18.5. The molecule has 180 valence electrons. The molecule has 0 spiro atoms. The van der Waals surface area contributed by atoms with Gasteiger partial charge in [0.15, 0.2) is 23.9 Å². The highest BCUT2D eigenvalue weighted by atomic mass is 19.4. The van der Waals surface area contributed by atoms with Gasteiger partial charge in [0, 0.05) is 31.1 Å². The van der Waals surface area contributed by atoms with Crippen LogP contribution in [0.4, 0.5) is 13.2 Å². The number of nitrogens with zero attached hydrogens (tertiary/aromatic N) is 1. The van der Waals surface area contributed by atoms with E-state index in [0.29, 0.717) is 38.1 Å². The van der Waals surface area contributed by atoms with Crippen LogP contribution in [0.3, 0.4) is 0 Å². The number of benzene rings is 1. The first kappa shape index (κ1) is 24.5. The van der Waals surface area contributed by atoms with E-state index in [2.05, 4.69) is 5.32 Å². The summed E-state index contributed by atoms with van der Waals surface area (Å²) in [6, 6.07) is 6.32. The molecule has 10 heteroatoms. The minimum Gasteiger partial charge on any atom is -0.493 e. The molecule has 2 aromatic rings. The lowest BCUT2D eigenvalue weighted by molar-refractivity contribution is -0.153. The summed E-state index contributed by atoms with van der Waals surface area (Å²) < 4.78 is 52.2. The monoisotopic (exact) mass is 468 g/mol. The van der Waals surface area contributed by atoms with Gasteiger partial charge in [-0.2, -0.15) is 13.2 Å². The van der Waals surface area contributed by atoms with Crippen LogP contribution >= 0.6 is 0 Å². The molecule has 2 amide bonds. The van der Waals surface area contributed by atoms with Crippen molar-refractivity contribution in [1.82, 2.24) is 10.2 Å². The average molecular weight is 468 g/mol. The molecule has 2 heterocycles. The number of hydrogen-bond donors (Lipinski definition) is 1. The third kappa shape index (κ3) is 6.90. The van der Waals surface area contributed by atoms with E-state index in [9.17, 15) is 22.8 Å². The minimum atomic E-state index is -4.44. The van der Waals surface area contributed by atoms with E-state index in [1.54, 1.807) is 30.0 Å². The van der Waals surface area contributed by atoms with Crippen molar-refractivity contribution in [3.63, 3.8) is 0 Å². The summed E-state index contributed by atoms with van der Waals surface area (Å²) in [6.07, 6.45) is -0.988. The van der Waals surface area contributed by atoms with E-state index in [1.165, 1.54) is 19.4 Å². The predicted octanol–water partition coefficient (Wildman–Crippen LogP) is 3.89. The number of furan rings is 1. The second kappa shape index (κ2) is 10.6. The van der Waals surface area contributed by atoms with Crippen LogP contribution in [0.2, 0.25) is 0 Å². The maximum absolute atomic E-state index is 12.6. The summed E-state index contributed by atoms with van der Waals surface area (Å²) in [5.41, 5.74) is 1.53. The minimum absolute atomic E-state index is 0.00115. The van der Waals surface area contributed by atoms with Gasteiger partial charge in [-0.25, -0.2) is 0 Å². The number of piperidine rings is 1. The van der Waals surface area contributed by atoms with Crippen LogP contribution in [0.1, 0.15) is 40.9 Å². The van der Waals surface area contributed by atoms with Crippen LogP contribution in [0, 0.1) is 6.92 Å². The smallest absolute Gasteiger partial charge is 0.422 e. The molecule has 0 aliphatic carbocycles. The molecular weight excluding hydrogens is 441 g/mol. The van der Waals surface area contributed by atoms with Crippen LogP contribution in [-0.4, -0.2) is 55.7 Å². The summed E-state index contributed by atoms with van der Waals surface area (Å²) in [5.74, 6) is 0.224. The van der Waals surface area contributed by atoms with Gasteiger partial charge in [0.1, 0.15) is 0 Å². The second-order valence-electron chi connectivity index (χ2n) is 7.95. The Balaban J connectivity index is 1.45. The first-order valence-electron chi connectivity index (χ1n) is 10.7. The highest BCUT2D eigenvalue weighted by Gasteiger charge is 2.29. The molecule has 0 saturated carbocycles. The molecule has 1 saturated heterocycles. The Kier molecular flexibility index (Phi) is 7.88. The third-order valence-corrected chi connectivity index (χ3v) is 5.50. The van der Waals surface area contributed by atoms with Crippen molar-refractivity contribution in [1.29, 1.82) is 0 Å². The number of amides is 2. The third-order valence-electron chi connectivity index (χ3n) is 5.50. The lowest BCUT2D eigenvalue weighted by Crippen LogP contribution is -2.46. The molecule has 0 unspecified atom stereocenters. The average Bonchev–Trinajstić information content (AvgIpc) is 3.22. The Morgan fingerprint density at radius 1 is 1.18 bits per heavy atom. The first-order chi connectivity index (χ1) is 15.7. The van der Waals surface area contributed by atoms with Crippen molar-refractivity contribution in [2.45, 2.75) is 44.8 Å². The number of hydrogen-bond acceptors (Lipinski definition) is 5. The standard InChI is InChI=1S/C23H27F3N2O5/c1-15-9-12-32-21(15)22(30)27-17-7-10-28(11-8-17)20(29)6-4-16-3-5-18(19(13-16)31-2)33-14-23(24,25)26/h3,5,9,12-13,17H,4,6-8,10-11,14H2,1-2H3,(H,27,30). The molecule has 0 radical (unpaired) electrons. The molecule has 1 fully saturated rings. The number of carbonyl (C=O) groups is 2. The van der Waals surface area contributed by atoms with E-state index in [0.717, 1.165) is 11.1 Å². The molecule has 1 aromatic carbocycles. The van der Waals surface area contributed by atoms with Crippen molar-refractivity contribution in [2.24, 2.45) is 0 Å². The maximum Gasteiger partial charge on any atom is 0.422 e. The maximum atomic E-state index is 12.6. The van der Waals surface area contributed by atoms with Gasteiger partial charge >= 0.3 is 6.18 Å². The first-order valence-corrected chi connectivity index (χ1v) is 10.7. The molecule has 1 aliphatic rings. The number of aryl methyl sites for hydroxylation is 2. The SMILES string of the molecule is COc1cc(CCC(=O)N2CCC(NC(=O)c3occc3C)CC2)ccc1OCC(F)(F)F. The summed E-state index contributed by atoms with van der Waals surface area (Å²) in [4.78, 5) is 26.6. The fourth-order valence-electron chi connectivity index (χ4n) is 3.69. The number of likely N-dealkylation sites (tertiary alicyclic amines) is 1. The number of methoxy groups -OCH3 is 1. The zero-order chi connectivity index (χ0) is 24.0. The fraction of sp³-hybridized carbons (Fsp3) is 0.478. The normalized spacial score (nSPS) is 14.8. The van der Waals surface area contributed by atoms with Gasteiger partial charge in [0.05, 0.1) is 13.4 Å². The molecular formula is C23H27F3N2O5. The summed E-state index contributed by atoms with van der Waals surface area (Å²) in [5, 5.41) is 2.95. The Morgan fingerprint density at radius 2 is 1.91 bits per heavy atom. The molecule has 0 atom stereocenters.